The lowest BCUT2D eigenvalue weighted by Crippen LogP contribution is -2.21. The minimum Gasteiger partial charge on any atom is -0.378 e. The van der Waals surface area contributed by atoms with Gasteiger partial charge in [-0.2, -0.15) is 9.78 Å². The van der Waals surface area contributed by atoms with Crippen LogP contribution in [0.5, 0.6) is 0 Å². The summed E-state index contributed by atoms with van der Waals surface area (Å²) >= 11 is 0. The van der Waals surface area contributed by atoms with Gasteiger partial charge in [-0.25, -0.2) is 10.1 Å². The topological polar surface area (TPSA) is 180 Å². The van der Waals surface area contributed by atoms with E-state index in [4.69, 9.17) is 5.73 Å². The fourth-order valence-electron chi connectivity index (χ4n) is 4.16. The second-order valence-corrected chi connectivity index (χ2v) is 7.64. The zero-order chi connectivity index (χ0) is 22.2. The molecule has 3 N–H and O–H groups in total. The molecule has 1 aromatic carbocycles. The van der Waals surface area contributed by atoms with Crippen LogP contribution in [0.15, 0.2) is 46.1 Å². The summed E-state index contributed by atoms with van der Waals surface area (Å²) in [5, 5.41) is 30.2. The highest BCUT2D eigenvalue weighted by atomic mass is 16.6. The predicted molar refractivity (Wildman–Crippen MR) is 111 cm³/mol. The van der Waals surface area contributed by atoms with Crippen LogP contribution >= 0.6 is 0 Å². The van der Waals surface area contributed by atoms with Crippen molar-refractivity contribution in [3.63, 3.8) is 0 Å². The van der Waals surface area contributed by atoms with Gasteiger partial charge in [0, 0.05) is 29.8 Å². The Balaban J connectivity index is 1.45. The second kappa shape index (κ2) is 7.68. The first kappa shape index (κ1) is 19.5. The molecule has 32 heavy (non-hydrogen) atoms. The molecule has 1 fully saturated rings. The first-order chi connectivity index (χ1) is 15.5. The lowest BCUT2D eigenvalue weighted by Gasteiger charge is -2.11. The van der Waals surface area contributed by atoms with Gasteiger partial charge in [0.05, 0.1) is 4.92 Å². The van der Waals surface area contributed by atoms with E-state index in [0.29, 0.717) is 17.4 Å². The van der Waals surface area contributed by atoms with Gasteiger partial charge in [-0.3, -0.25) is 14.9 Å². The van der Waals surface area contributed by atoms with E-state index in [9.17, 15) is 14.9 Å². The summed E-state index contributed by atoms with van der Waals surface area (Å²) in [6, 6.07) is 5.55. The smallest absolute Gasteiger partial charge is 0.294 e. The van der Waals surface area contributed by atoms with Crippen LogP contribution in [0.3, 0.4) is 0 Å². The minimum atomic E-state index is -0.602. The summed E-state index contributed by atoms with van der Waals surface area (Å²) in [5.74, 6) is 0.697. The Morgan fingerprint density at radius 1 is 1.28 bits per heavy atom. The molecule has 0 spiro atoms. The van der Waals surface area contributed by atoms with Crippen molar-refractivity contribution < 1.29 is 14.3 Å². The number of nitrogens with zero attached hydrogens (tertiary/aromatic N) is 7. The summed E-state index contributed by atoms with van der Waals surface area (Å²) in [5.41, 5.74) is 8.73. The molecule has 162 valence electrons. The molecule has 3 aromatic rings. The van der Waals surface area contributed by atoms with Crippen molar-refractivity contribution in [3.05, 3.63) is 52.2 Å². The van der Waals surface area contributed by atoms with E-state index in [0.717, 1.165) is 12.8 Å². The van der Waals surface area contributed by atoms with Gasteiger partial charge >= 0.3 is 0 Å². The maximum Gasteiger partial charge on any atom is 0.294 e. The number of carbonyl (C=O) groups excluding carboxylic acids is 1. The number of anilines is 1. The second-order valence-electron chi connectivity index (χ2n) is 7.64. The Bertz CT molecular complexity index is 1240. The number of nitrogen functional groups attached to an aromatic ring is 1. The third-order valence-corrected chi connectivity index (χ3v) is 5.70. The number of non-ortho nitro benzene ring substituents is 1. The largest absolute Gasteiger partial charge is 0.378 e. The molecule has 0 aliphatic heterocycles. The summed E-state index contributed by atoms with van der Waals surface area (Å²) in [4.78, 5) is 23.3. The van der Waals surface area contributed by atoms with Gasteiger partial charge in [0.1, 0.15) is 5.69 Å². The molecule has 5 rings (SSSR count). The van der Waals surface area contributed by atoms with E-state index in [1.54, 1.807) is 6.21 Å². The van der Waals surface area contributed by atoms with Crippen molar-refractivity contribution in [2.45, 2.75) is 12.8 Å². The number of rotatable bonds is 6. The zero-order valence-electron chi connectivity index (χ0n) is 16.5. The Morgan fingerprint density at radius 2 is 2.09 bits per heavy atom. The molecule has 13 nitrogen and oxygen atoms in total. The molecule has 3 atom stereocenters. The monoisotopic (exact) mass is 435 g/mol. The van der Waals surface area contributed by atoms with Crippen LogP contribution in [0.1, 0.15) is 23.3 Å². The fourth-order valence-corrected chi connectivity index (χ4v) is 4.16. The number of nitrogens with two attached hydrogens (primary N) is 1. The van der Waals surface area contributed by atoms with Crippen molar-refractivity contribution in [1.82, 2.24) is 30.7 Å². The lowest BCUT2D eigenvalue weighted by molar-refractivity contribution is -0.384. The van der Waals surface area contributed by atoms with E-state index >= 15 is 0 Å². The number of benzene rings is 1. The highest BCUT2D eigenvalue weighted by Gasteiger charge is 2.34. The van der Waals surface area contributed by atoms with Crippen molar-refractivity contribution in [1.29, 1.82) is 0 Å². The van der Waals surface area contributed by atoms with E-state index in [-0.39, 0.29) is 34.6 Å². The normalized spacial score (nSPS) is 21.4. The number of fused-ring (bicyclic) bond motifs is 2. The number of nitro benzene ring substituents is 1. The summed E-state index contributed by atoms with van der Waals surface area (Å²) in [6.45, 7) is 0. The molecule has 2 aliphatic rings. The Kier molecular flexibility index (Phi) is 4.69. The molecule has 2 aliphatic carbocycles. The molecular formula is C19H17N9O4. The number of hydrogen-bond donors (Lipinski definition) is 2. The number of hydrazone groups is 1. The van der Waals surface area contributed by atoms with E-state index in [1.165, 1.54) is 28.9 Å². The van der Waals surface area contributed by atoms with Gasteiger partial charge in [-0.05, 0) is 47.1 Å². The summed E-state index contributed by atoms with van der Waals surface area (Å²) in [6.07, 6.45) is 8.31. The van der Waals surface area contributed by atoms with E-state index in [2.05, 4.69) is 47.9 Å². The van der Waals surface area contributed by atoms with Crippen LogP contribution in [0.4, 0.5) is 11.5 Å². The van der Waals surface area contributed by atoms with Gasteiger partial charge < -0.3 is 5.73 Å². The number of nitrogens with one attached hydrogen (secondary N) is 1. The molecule has 2 bridgehead atoms. The minimum absolute atomic E-state index is 0.0298. The average molecular weight is 435 g/mol. The number of nitro groups is 1. The molecule has 0 unspecified atom stereocenters. The molecule has 1 amide bonds. The quantitative estimate of drug-likeness (QED) is 0.252. The van der Waals surface area contributed by atoms with Crippen molar-refractivity contribution in [2.24, 2.45) is 22.9 Å². The lowest BCUT2D eigenvalue weighted by atomic mass is 9.95. The standard InChI is InChI=1S/C19H17N9O4/c20-17-18(25-32-24-17)27-16(11-3-5-14(6-4-11)28(30)31)15(22-26-27)19(29)23-21-9-13-8-10-1-2-12(13)7-10/h1-6,9-10,12-13H,7-8H2,(H2,20,24)(H,23,29)/b21-9-/t10-,12+,13-/m1/s1. The molecule has 1 saturated carbocycles. The first-order valence-electron chi connectivity index (χ1n) is 9.82. The third-order valence-electron chi connectivity index (χ3n) is 5.70. The Hall–Kier alpha value is -4.42. The van der Waals surface area contributed by atoms with Gasteiger partial charge in [0.2, 0.25) is 11.6 Å². The van der Waals surface area contributed by atoms with Gasteiger partial charge in [-0.15, -0.1) is 5.10 Å². The van der Waals surface area contributed by atoms with Crippen molar-refractivity contribution >= 4 is 23.6 Å². The molecule has 13 heteroatoms. The maximum absolute atomic E-state index is 12.9. The maximum atomic E-state index is 12.9. The molecule has 2 aromatic heterocycles. The van der Waals surface area contributed by atoms with Crippen LogP contribution in [0.25, 0.3) is 17.1 Å². The highest BCUT2D eigenvalue weighted by Crippen LogP contribution is 2.42. The third kappa shape index (κ3) is 3.38. The molecule has 2 heterocycles. The number of carbonyl (C=O) groups is 1. The number of allylic oxidation sites excluding steroid dienone is 2. The van der Waals surface area contributed by atoms with Gasteiger partial charge in [0.15, 0.2) is 5.69 Å². The fraction of sp³-hybridized carbons (Fsp3) is 0.263. The summed E-state index contributed by atoms with van der Waals surface area (Å²) in [7, 11) is 0. The Morgan fingerprint density at radius 3 is 2.72 bits per heavy atom. The number of hydrogen-bond acceptors (Lipinski definition) is 10. The average Bonchev–Trinajstić information content (AvgIpc) is 3.57. The van der Waals surface area contributed by atoms with E-state index < -0.39 is 10.8 Å². The highest BCUT2D eigenvalue weighted by molar-refractivity contribution is 5.98. The number of amides is 1. The van der Waals surface area contributed by atoms with Crippen LogP contribution < -0.4 is 11.2 Å². The van der Waals surface area contributed by atoms with Gasteiger partial charge in [-0.1, -0.05) is 17.4 Å². The van der Waals surface area contributed by atoms with Crippen molar-refractivity contribution in [3.8, 4) is 17.1 Å². The molecule has 0 saturated heterocycles. The van der Waals surface area contributed by atoms with E-state index in [1.807, 2.05) is 0 Å². The zero-order valence-corrected chi connectivity index (χ0v) is 16.5. The van der Waals surface area contributed by atoms with Crippen LogP contribution in [0.2, 0.25) is 0 Å². The first-order valence-corrected chi connectivity index (χ1v) is 9.82. The van der Waals surface area contributed by atoms with Crippen LogP contribution in [0, 0.1) is 27.9 Å². The number of aromatic nitrogens is 5. The SMILES string of the molecule is Nc1nonc1-n1nnc(C(=O)N/N=C\[C@H]2C[C@@H]3C=C[C@H]2C3)c1-c1ccc([N+](=O)[O-])cc1. The van der Waals surface area contributed by atoms with Crippen molar-refractivity contribution in [2.75, 3.05) is 5.73 Å². The van der Waals surface area contributed by atoms with Gasteiger partial charge in [0.25, 0.3) is 11.6 Å². The summed E-state index contributed by atoms with van der Waals surface area (Å²) < 4.78 is 5.81. The molecule has 0 radical (unpaired) electrons. The van der Waals surface area contributed by atoms with Crippen LogP contribution in [-0.4, -0.2) is 42.4 Å². The Labute approximate surface area is 180 Å². The van der Waals surface area contributed by atoms with Crippen LogP contribution in [-0.2, 0) is 0 Å². The predicted octanol–water partition coefficient (Wildman–Crippen LogP) is 1.74. The molecular weight excluding hydrogens is 418 g/mol.